The van der Waals surface area contributed by atoms with Crippen LogP contribution >= 0.6 is 0 Å². The molecule has 0 aromatic carbocycles. The first-order chi connectivity index (χ1) is 7.25. The molecular weight excluding hydrogens is 190 g/mol. The second-order valence-electron chi connectivity index (χ2n) is 4.12. The lowest BCUT2D eigenvalue weighted by molar-refractivity contribution is 0.101. The maximum Gasteiger partial charge on any atom is 0.0945 e. The number of imidazole rings is 1. The highest BCUT2D eigenvalue weighted by Gasteiger charge is 2.13. The lowest BCUT2D eigenvalue weighted by Crippen LogP contribution is -2.50. The van der Waals surface area contributed by atoms with Gasteiger partial charge < -0.3 is 9.47 Å². The molecule has 2 rings (SSSR count). The fraction of sp³-hybridized carbons (Fsp3) is 0.700. The summed E-state index contributed by atoms with van der Waals surface area (Å²) in [6.45, 7) is 5.32. The zero-order chi connectivity index (χ0) is 10.7. The highest BCUT2D eigenvalue weighted by Crippen LogP contribution is 1.99. The Balaban J connectivity index is 1.77. The summed E-state index contributed by atoms with van der Waals surface area (Å²) < 4.78 is 2.04. The highest BCUT2D eigenvalue weighted by molar-refractivity contribution is 4.96. The normalized spacial score (nSPS) is 19.6. The van der Waals surface area contributed by atoms with E-state index in [0.717, 1.165) is 32.7 Å². The van der Waals surface area contributed by atoms with Gasteiger partial charge in [0.15, 0.2) is 0 Å². The molecule has 0 unspecified atom stereocenters. The van der Waals surface area contributed by atoms with Crippen molar-refractivity contribution in [3.63, 3.8) is 0 Å². The first-order valence-corrected chi connectivity index (χ1v) is 5.38. The van der Waals surface area contributed by atoms with Crippen molar-refractivity contribution in [2.75, 3.05) is 33.2 Å². The third-order valence-corrected chi connectivity index (χ3v) is 2.90. The van der Waals surface area contributed by atoms with Gasteiger partial charge in [-0.3, -0.25) is 0 Å². The van der Waals surface area contributed by atoms with Gasteiger partial charge in [0.1, 0.15) is 0 Å². The van der Waals surface area contributed by atoms with Crippen LogP contribution in [-0.4, -0.2) is 52.7 Å². The number of piperazine rings is 1. The molecule has 0 bridgehead atoms. The van der Waals surface area contributed by atoms with E-state index >= 15 is 0 Å². The van der Waals surface area contributed by atoms with Crippen LogP contribution in [0.3, 0.4) is 0 Å². The number of aromatic nitrogens is 2. The molecule has 5 nitrogen and oxygen atoms in total. The molecule has 1 aromatic rings. The summed E-state index contributed by atoms with van der Waals surface area (Å²) in [5.74, 6) is 0. The van der Waals surface area contributed by atoms with Gasteiger partial charge in [-0.25, -0.2) is 15.4 Å². The lowest BCUT2D eigenvalue weighted by atomic mass is 10.4. The summed E-state index contributed by atoms with van der Waals surface area (Å²) in [6.07, 6.45) is 3.74. The maximum absolute atomic E-state index is 4.09. The predicted molar refractivity (Wildman–Crippen MR) is 59.1 cm³/mol. The van der Waals surface area contributed by atoms with E-state index in [1.807, 2.05) is 24.1 Å². The molecule has 0 amide bonds. The molecule has 1 saturated heterocycles. The van der Waals surface area contributed by atoms with Gasteiger partial charge in [-0.15, -0.1) is 0 Å². The van der Waals surface area contributed by atoms with Gasteiger partial charge in [0.05, 0.1) is 18.6 Å². The third-order valence-electron chi connectivity index (χ3n) is 2.90. The zero-order valence-electron chi connectivity index (χ0n) is 9.48. The summed E-state index contributed by atoms with van der Waals surface area (Å²) in [4.78, 5) is 6.44. The predicted octanol–water partition coefficient (Wildman–Crippen LogP) is -0.328. The molecule has 2 heterocycles. The van der Waals surface area contributed by atoms with Crippen molar-refractivity contribution in [1.82, 2.24) is 24.9 Å². The molecular formula is C10H19N5. The minimum atomic E-state index is 0.861. The molecule has 1 aliphatic rings. The Morgan fingerprint density at radius 3 is 2.60 bits per heavy atom. The summed E-state index contributed by atoms with van der Waals surface area (Å²) in [7, 11) is 4.19. The van der Waals surface area contributed by atoms with Gasteiger partial charge in [0.25, 0.3) is 0 Å². The zero-order valence-corrected chi connectivity index (χ0v) is 9.48. The summed E-state index contributed by atoms with van der Waals surface area (Å²) in [5, 5.41) is 2.28. The number of aryl methyl sites for hydroxylation is 1. The first kappa shape index (κ1) is 10.6. The summed E-state index contributed by atoms with van der Waals surface area (Å²) in [5.41, 5.74) is 4.65. The van der Waals surface area contributed by atoms with E-state index in [1.54, 1.807) is 0 Å². The fourth-order valence-corrected chi connectivity index (χ4v) is 1.71. The highest BCUT2D eigenvalue weighted by atomic mass is 15.5. The molecule has 0 atom stereocenters. The van der Waals surface area contributed by atoms with Crippen molar-refractivity contribution in [2.24, 2.45) is 7.05 Å². The Bertz CT molecular complexity index is 301. The number of nitrogens with one attached hydrogen (secondary N) is 1. The van der Waals surface area contributed by atoms with Crippen molar-refractivity contribution in [3.05, 3.63) is 18.2 Å². The molecule has 0 aliphatic carbocycles. The van der Waals surface area contributed by atoms with Gasteiger partial charge >= 0.3 is 0 Å². The molecule has 1 fully saturated rings. The van der Waals surface area contributed by atoms with Crippen LogP contribution in [-0.2, 0) is 13.6 Å². The SMILES string of the molecule is CN1CCN(NCc2cncn2C)CC1. The second-order valence-corrected chi connectivity index (χ2v) is 4.12. The Hall–Kier alpha value is -0.910. The van der Waals surface area contributed by atoms with Crippen LogP contribution in [0.2, 0.25) is 0 Å². The molecule has 84 valence electrons. The largest absolute Gasteiger partial charge is 0.337 e. The molecule has 0 spiro atoms. The average molecular weight is 209 g/mol. The number of nitrogens with zero attached hydrogens (tertiary/aromatic N) is 4. The number of rotatable bonds is 3. The maximum atomic E-state index is 4.09. The van der Waals surface area contributed by atoms with Gasteiger partial charge in [-0.2, -0.15) is 0 Å². The molecule has 1 aliphatic heterocycles. The summed E-state index contributed by atoms with van der Waals surface area (Å²) >= 11 is 0. The third kappa shape index (κ3) is 2.77. The van der Waals surface area contributed by atoms with Crippen molar-refractivity contribution in [2.45, 2.75) is 6.54 Å². The van der Waals surface area contributed by atoms with Crippen LogP contribution in [0.4, 0.5) is 0 Å². The Morgan fingerprint density at radius 1 is 1.27 bits per heavy atom. The Morgan fingerprint density at radius 2 is 2.00 bits per heavy atom. The fourth-order valence-electron chi connectivity index (χ4n) is 1.71. The smallest absolute Gasteiger partial charge is 0.0945 e. The number of hydrogen-bond acceptors (Lipinski definition) is 4. The Labute approximate surface area is 90.7 Å². The van der Waals surface area contributed by atoms with Crippen LogP contribution in [0.5, 0.6) is 0 Å². The van der Waals surface area contributed by atoms with E-state index in [9.17, 15) is 0 Å². The van der Waals surface area contributed by atoms with Crippen LogP contribution in [0.1, 0.15) is 5.69 Å². The van der Waals surface area contributed by atoms with Crippen LogP contribution in [0.25, 0.3) is 0 Å². The van der Waals surface area contributed by atoms with E-state index in [-0.39, 0.29) is 0 Å². The van der Waals surface area contributed by atoms with Crippen molar-refractivity contribution in [1.29, 1.82) is 0 Å². The van der Waals surface area contributed by atoms with Crippen molar-refractivity contribution >= 4 is 0 Å². The topological polar surface area (TPSA) is 36.3 Å². The monoisotopic (exact) mass is 209 g/mol. The number of hydrogen-bond donors (Lipinski definition) is 1. The standard InChI is InChI=1S/C10H19N5/c1-13-3-5-15(6-4-13)12-8-10-7-11-9-14(10)2/h7,9,12H,3-6,8H2,1-2H3. The van der Waals surface area contributed by atoms with Crippen LogP contribution in [0, 0.1) is 0 Å². The van der Waals surface area contributed by atoms with Gasteiger partial charge in [-0.05, 0) is 7.05 Å². The van der Waals surface area contributed by atoms with Crippen LogP contribution < -0.4 is 5.43 Å². The number of likely N-dealkylation sites (N-methyl/N-ethyl adjacent to an activating group) is 1. The van der Waals surface area contributed by atoms with E-state index < -0.39 is 0 Å². The quantitative estimate of drug-likeness (QED) is 0.740. The van der Waals surface area contributed by atoms with Gasteiger partial charge in [-0.1, -0.05) is 0 Å². The second kappa shape index (κ2) is 4.74. The molecule has 1 aromatic heterocycles. The average Bonchev–Trinajstić information content (AvgIpc) is 2.63. The van der Waals surface area contributed by atoms with E-state index in [0.29, 0.717) is 0 Å². The molecule has 15 heavy (non-hydrogen) atoms. The van der Waals surface area contributed by atoms with Crippen molar-refractivity contribution < 1.29 is 0 Å². The minimum absolute atomic E-state index is 0.861. The minimum Gasteiger partial charge on any atom is -0.337 e. The van der Waals surface area contributed by atoms with E-state index in [1.165, 1.54) is 5.69 Å². The molecule has 1 N–H and O–H groups in total. The first-order valence-electron chi connectivity index (χ1n) is 5.38. The van der Waals surface area contributed by atoms with Crippen LogP contribution in [0.15, 0.2) is 12.5 Å². The lowest BCUT2D eigenvalue weighted by Gasteiger charge is -2.32. The van der Waals surface area contributed by atoms with E-state index in [4.69, 9.17) is 0 Å². The Kier molecular flexibility index (Phi) is 3.35. The van der Waals surface area contributed by atoms with Gasteiger partial charge in [0, 0.05) is 39.4 Å². The number of hydrazine groups is 1. The summed E-state index contributed by atoms with van der Waals surface area (Å²) in [6, 6.07) is 0. The molecule has 0 radical (unpaired) electrons. The van der Waals surface area contributed by atoms with Gasteiger partial charge in [0.2, 0.25) is 0 Å². The molecule has 5 heteroatoms. The van der Waals surface area contributed by atoms with E-state index in [2.05, 4.69) is 27.4 Å². The molecule has 0 saturated carbocycles. The van der Waals surface area contributed by atoms with Crippen molar-refractivity contribution in [3.8, 4) is 0 Å².